The summed E-state index contributed by atoms with van der Waals surface area (Å²) < 4.78 is 35.3. The number of hydrogen-bond acceptors (Lipinski definition) is 10. The highest BCUT2D eigenvalue weighted by Gasteiger charge is 2.57. The Morgan fingerprint density at radius 3 is 0.510 bits per heavy atom. The first-order valence-electron chi connectivity index (χ1n) is 37.4. The molecule has 0 saturated heterocycles. The Labute approximate surface area is 619 Å². The van der Waals surface area contributed by atoms with Crippen LogP contribution >= 0.6 is 0 Å². The van der Waals surface area contributed by atoms with Gasteiger partial charge in [0.2, 0.25) is 0 Å². The van der Waals surface area contributed by atoms with E-state index in [1.54, 1.807) is 34.6 Å². The molecule has 0 N–H and O–H groups in total. The second-order valence-electron chi connectivity index (χ2n) is 42.0. The van der Waals surface area contributed by atoms with Crippen molar-refractivity contribution in [1.82, 2.24) is 0 Å². The highest BCUT2D eigenvalue weighted by molar-refractivity contribution is 5.88. The van der Waals surface area contributed by atoms with Crippen LogP contribution < -0.4 is 23.7 Å². The van der Waals surface area contributed by atoms with E-state index in [1.165, 1.54) is 0 Å². The molecule has 0 saturated carbocycles. The van der Waals surface area contributed by atoms with Crippen LogP contribution in [0.1, 0.15) is 344 Å². The van der Waals surface area contributed by atoms with Gasteiger partial charge in [-0.1, -0.05) is 306 Å². The summed E-state index contributed by atoms with van der Waals surface area (Å²) in [4.78, 5) is 83.1. The number of carbonyl (C=O) groups is 5. The Hall–Kier alpha value is -6.55. The summed E-state index contributed by atoms with van der Waals surface area (Å²) in [6.45, 7) is 75.2. The van der Waals surface area contributed by atoms with Gasteiger partial charge in [0.25, 0.3) is 0 Å². The standard InChI is InChI=1S/C92H136O10/c1-38-89(34,74(94)99-69-60(80(8,9)10)46-40-47-61(69)81(11,12)13)55-91(36,76(96)101-71-64(84(20,21)22)50-42-51-65(71)85(23,24)25)57-92(37,77(97)102-72-66(86(26,27)28)52-43-53-67(72)87(29,30)31)56-90(35,75(95)100-70-62(82(14,15)16)48-41-49-63(70)83(17,18)19)54-88(32,33)73(93)98-68-58(78(2,3)4)44-39-45-59(68)79(5,6)7/h39-53H,38,54-57H2,1-37H3. The molecule has 0 bridgehead atoms. The van der Waals surface area contributed by atoms with Gasteiger partial charge in [0.15, 0.2) is 0 Å². The van der Waals surface area contributed by atoms with E-state index in [0.717, 1.165) is 55.6 Å². The number of hydrogen-bond donors (Lipinski definition) is 0. The smallest absolute Gasteiger partial charge is 0.317 e. The van der Waals surface area contributed by atoms with Crippen LogP contribution in [0.2, 0.25) is 0 Å². The molecule has 0 heterocycles. The molecular formula is C92H136O10. The average Bonchev–Trinajstić information content (AvgIpc) is 0.751. The zero-order valence-electron chi connectivity index (χ0n) is 70.8. The van der Waals surface area contributed by atoms with Crippen molar-refractivity contribution in [1.29, 1.82) is 0 Å². The minimum absolute atomic E-state index is 0.190. The van der Waals surface area contributed by atoms with Crippen molar-refractivity contribution in [3.05, 3.63) is 147 Å². The van der Waals surface area contributed by atoms with Crippen LogP contribution in [-0.4, -0.2) is 29.8 Å². The van der Waals surface area contributed by atoms with E-state index in [4.69, 9.17) is 23.7 Å². The van der Waals surface area contributed by atoms with Gasteiger partial charge in [0.05, 0.1) is 27.1 Å². The topological polar surface area (TPSA) is 132 Å². The van der Waals surface area contributed by atoms with Gasteiger partial charge in [0, 0.05) is 55.6 Å². The first kappa shape index (κ1) is 86.1. The van der Waals surface area contributed by atoms with Crippen molar-refractivity contribution >= 4 is 29.8 Å². The first-order chi connectivity index (χ1) is 45.6. The quantitative estimate of drug-likeness (QED) is 0.0581. The lowest BCUT2D eigenvalue weighted by molar-refractivity contribution is -0.163. The highest BCUT2D eigenvalue weighted by Crippen LogP contribution is 2.56. The second kappa shape index (κ2) is 29.1. The normalized spacial score (nSPS) is 15.8. The fraction of sp³-hybridized carbons (Fsp3) is 0.620. The van der Waals surface area contributed by atoms with Crippen molar-refractivity contribution in [2.75, 3.05) is 0 Å². The van der Waals surface area contributed by atoms with Crippen LogP contribution in [0.4, 0.5) is 0 Å². The Kier molecular flexibility index (Phi) is 24.5. The molecular weight excluding hydrogens is 1270 g/mol. The molecule has 0 radical (unpaired) electrons. The van der Waals surface area contributed by atoms with Crippen LogP contribution in [-0.2, 0) is 78.1 Å². The van der Waals surface area contributed by atoms with E-state index in [1.807, 2.05) is 105 Å². The van der Waals surface area contributed by atoms with Gasteiger partial charge in [-0.3, -0.25) is 24.0 Å². The van der Waals surface area contributed by atoms with Crippen molar-refractivity contribution in [3.8, 4) is 28.7 Å². The van der Waals surface area contributed by atoms with Gasteiger partial charge in [0.1, 0.15) is 28.7 Å². The Morgan fingerprint density at radius 1 is 0.216 bits per heavy atom. The predicted molar refractivity (Wildman–Crippen MR) is 422 cm³/mol. The van der Waals surface area contributed by atoms with Crippen LogP contribution in [0, 0.1) is 27.1 Å². The molecule has 0 spiro atoms. The summed E-state index contributed by atoms with van der Waals surface area (Å²) in [6.07, 6.45) is -0.887. The van der Waals surface area contributed by atoms with Crippen molar-refractivity contribution in [3.63, 3.8) is 0 Å². The Balaban J connectivity index is 2.03. The summed E-state index contributed by atoms with van der Waals surface area (Å²) in [6, 6.07) is 29.9. The predicted octanol–water partition coefficient (Wildman–Crippen LogP) is 24.0. The lowest BCUT2D eigenvalue weighted by Gasteiger charge is -2.45. The molecule has 0 aliphatic heterocycles. The third-order valence-electron chi connectivity index (χ3n) is 20.6. The Bertz CT molecular complexity index is 3730. The number of esters is 5. The average molecular weight is 1400 g/mol. The number of benzene rings is 5. The molecule has 5 rings (SSSR count). The van der Waals surface area contributed by atoms with E-state index in [2.05, 4.69) is 208 Å². The van der Waals surface area contributed by atoms with Crippen molar-refractivity contribution in [2.24, 2.45) is 27.1 Å². The maximum Gasteiger partial charge on any atom is 0.317 e. The van der Waals surface area contributed by atoms with Crippen molar-refractivity contribution in [2.45, 2.75) is 342 Å². The van der Waals surface area contributed by atoms with Crippen LogP contribution in [0.5, 0.6) is 28.7 Å². The number of ether oxygens (including phenoxy) is 5. The van der Waals surface area contributed by atoms with Crippen molar-refractivity contribution < 1.29 is 47.7 Å². The van der Waals surface area contributed by atoms with E-state index in [9.17, 15) is 0 Å². The molecule has 5 aromatic rings. The molecule has 102 heavy (non-hydrogen) atoms. The SMILES string of the molecule is CCC(C)(CC(C)(CC(C)(CC(C)(CC(C)(C)C(=O)Oc1c(C(C)(C)C)cccc1C(C)(C)C)C(=O)Oc1c(C(C)(C)C)cccc1C(C)(C)C)C(=O)Oc1c(C(C)(C)C)cccc1C(C)(C)C)C(=O)Oc1c(C(C)(C)C)cccc1C(C)(C)C)C(=O)Oc1c(C(C)(C)C)cccc1C(C)(C)C. The fourth-order valence-electron chi connectivity index (χ4n) is 14.8. The molecule has 0 aromatic heterocycles. The maximum absolute atomic E-state index is 17.2. The van der Waals surface area contributed by atoms with Gasteiger partial charge >= 0.3 is 29.8 Å². The molecule has 5 aromatic carbocycles. The van der Waals surface area contributed by atoms with E-state index < -0.39 is 111 Å². The molecule has 4 atom stereocenters. The zero-order chi connectivity index (χ0) is 78.7. The number of para-hydroxylation sites is 5. The van der Waals surface area contributed by atoms with Crippen LogP contribution in [0.3, 0.4) is 0 Å². The van der Waals surface area contributed by atoms with Gasteiger partial charge < -0.3 is 23.7 Å². The fourth-order valence-corrected chi connectivity index (χ4v) is 14.8. The van der Waals surface area contributed by atoms with Gasteiger partial charge in [-0.05, 0) is 128 Å². The van der Waals surface area contributed by atoms with Crippen LogP contribution in [0.15, 0.2) is 91.0 Å². The van der Waals surface area contributed by atoms with E-state index >= 15 is 24.0 Å². The third-order valence-corrected chi connectivity index (χ3v) is 20.6. The maximum atomic E-state index is 17.2. The lowest BCUT2D eigenvalue weighted by atomic mass is 9.59. The molecule has 0 aliphatic rings. The monoisotopic (exact) mass is 1400 g/mol. The van der Waals surface area contributed by atoms with Crippen LogP contribution in [0.25, 0.3) is 0 Å². The van der Waals surface area contributed by atoms with E-state index in [0.29, 0.717) is 28.7 Å². The number of rotatable bonds is 19. The largest absolute Gasteiger partial charge is 0.425 e. The molecule has 0 fully saturated rings. The highest BCUT2D eigenvalue weighted by atomic mass is 16.6. The summed E-state index contributed by atoms with van der Waals surface area (Å²) in [7, 11) is 0. The summed E-state index contributed by atoms with van der Waals surface area (Å²) >= 11 is 0. The molecule has 4 unspecified atom stereocenters. The van der Waals surface area contributed by atoms with E-state index in [-0.39, 0.29) is 32.1 Å². The van der Waals surface area contributed by atoms with Gasteiger partial charge in [-0.2, -0.15) is 0 Å². The Morgan fingerprint density at radius 2 is 0.353 bits per heavy atom. The first-order valence-corrected chi connectivity index (χ1v) is 37.4. The molecule has 564 valence electrons. The summed E-state index contributed by atoms with van der Waals surface area (Å²) in [5.41, 5.74) is -5.33. The minimum Gasteiger partial charge on any atom is -0.425 e. The lowest BCUT2D eigenvalue weighted by Crippen LogP contribution is -2.50. The number of carbonyl (C=O) groups excluding carboxylic acids is 5. The molecule has 10 heteroatoms. The molecule has 0 aliphatic carbocycles. The third kappa shape index (κ3) is 19.9. The van der Waals surface area contributed by atoms with Gasteiger partial charge in [-0.25, -0.2) is 0 Å². The summed E-state index contributed by atoms with van der Waals surface area (Å²) in [5.74, 6) is -1.19. The van der Waals surface area contributed by atoms with Gasteiger partial charge in [-0.15, -0.1) is 0 Å². The summed E-state index contributed by atoms with van der Waals surface area (Å²) in [5, 5.41) is 0. The molecule has 10 nitrogen and oxygen atoms in total. The molecule has 0 amide bonds. The zero-order valence-corrected chi connectivity index (χ0v) is 70.8. The minimum atomic E-state index is -1.90. The second-order valence-corrected chi connectivity index (χ2v) is 42.0.